The van der Waals surface area contributed by atoms with E-state index in [2.05, 4.69) is 47.8 Å². The van der Waals surface area contributed by atoms with Crippen molar-refractivity contribution in [1.82, 2.24) is 0 Å². The standard InChI is InChI=1S/C8H6Br3ClO/c9-8(10,11)7(13)5-1-3-6(12)4-2-5/h1-4,7,13H. The van der Waals surface area contributed by atoms with E-state index in [9.17, 15) is 5.11 Å². The molecule has 0 aromatic heterocycles. The highest BCUT2D eigenvalue weighted by Gasteiger charge is 2.29. The van der Waals surface area contributed by atoms with E-state index in [-0.39, 0.29) is 0 Å². The fraction of sp³-hybridized carbons (Fsp3) is 0.250. The van der Waals surface area contributed by atoms with Gasteiger partial charge in [0.15, 0.2) is 2.14 Å². The van der Waals surface area contributed by atoms with Crippen LogP contribution in [0.15, 0.2) is 24.3 Å². The molecule has 0 saturated carbocycles. The third-order valence-electron chi connectivity index (χ3n) is 1.50. The summed E-state index contributed by atoms with van der Waals surface area (Å²) < 4.78 is -0.694. The summed E-state index contributed by atoms with van der Waals surface area (Å²) in [6.07, 6.45) is -0.690. The molecule has 0 amide bonds. The number of benzene rings is 1. The highest BCUT2D eigenvalue weighted by atomic mass is 80.0. The fourth-order valence-corrected chi connectivity index (χ4v) is 1.75. The zero-order valence-electron chi connectivity index (χ0n) is 6.35. The monoisotopic (exact) mass is 390 g/mol. The highest BCUT2D eigenvalue weighted by Crippen LogP contribution is 2.44. The van der Waals surface area contributed by atoms with Crippen molar-refractivity contribution < 1.29 is 5.11 Å². The van der Waals surface area contributed by atoms with Gasteiger partial charge in [0.25, 0.3) is 0 Å². The lowest BCUT2D eigenvalue weighted by Crippen LogP contribution is -2.14. The molecule has 13 heavy (non-hydrogen) atoms. The van der Waals surface area contributed by atoms with Gasteiger partial charge in [0, 0.05) is 5.02 Å². The number of aliphatic hydroxyl groups excluding tert-OH is 1. The number of alkyl halides is 3. The van der Waals surface area contributed by atoms with Crippen molar-refractivity contribution >= 4 is 59.4 Å². The summed E-state index contributed by atoms with van der Waals surface area (Å²) in [5.74, 6) is 0. The Kier molecular flexibility index (Phi) is 4.26. The van der Waals surface area contributed by atoms with Gasteiger partial charge in [0.1, 0.15) is 6.10 Å². The maximum absolute atomic E-state index is 9.76. The molecule has 1 rings (SSSR count). The molecule has 1 aromatic carbocycles. The van der Waals surface area contributed by atoms with Crippen molar-refractivity contribution in [2.24, 2.45) is 0 Å². The van der Waals surface area contributed by atoms with Crippen LogP contribution in [0.25, 0.3) is 0 Å². The van der Waals surface area contributed by atoms with Crippen molar-refractivity contribution in [2.75, 3.05) is 0 Å². The van der Waals surface area contributed by atoms with Gasteiger partial charge in [0.2, 0.25) is 0 Å². The summed E-state index contributed by atoms with van der Waals surface area (Å²) >= 11 is 15.5. The summed E-state index contributed by atoms with van der Waals surface area (Å²) in [5.41, 5.74) is 0.773. The summed E-state index contributed by atoms with van der Waals surface area (Å²) in [6, 6.07) is 7.01. The fourth-order valence-electron chi connectivity index (χ4n) is 0.834. The van der Waals surface area contributed by atoms with Gasteiger partial charge in [-0.1, -0.05) is 71.5 Å². The van der Waals surface area contributed by atoms with Gasteiger partial charge < -0.3 is 5.11 Å². The second kappa shape index (κ2) is 4.62. The van der Waals surface area contributed by atoms with Gasteiger partial charge in [-0.25, -0.2) is 0 Å². The normalized spacial score (nSPS) is 14.2. The van der Waals surface area contributed by atoms with Crippen LogP contribution in [0.3, 0.4) is 0 Å². The Bertz CT molecular complexity index is 280. The number of halogens is 4. The molecule has 1 unspecified atom stereocenters. The molecule has 0 saturated heterocycles. The topological polar surface area (TPSA) is 20.2 Å². The highest BCUT2D eigenvalue weighted by molar-refractivity contribution is 9.39. The van der Waals surface area contributed by atoms with Crippen LogP contribution in [0.1, 0.15) is 11.7 Å². The van der Waals surface area contributed by atoms with Crippen LogP contribution in [0.4, 0.5) is 0 Å². The first-order valence-electron chi connectivity index (χ1n) is 3.41. The summed E-state index contributed by atoms with van der Waals surface area (Å²) in [5, 5.41) is 10.4. The zero-order valence-corrected chi connectivity index (χ0v) is 11.9. The van der Waals surface area contributed by atoms with Gasteiger partial charge in [-0.2, -0.15) is 0 Å². The van der Waals surface area contributed by atoms with E-state index < -0.39 is 8.25 Å². The largest absolute Gasteiger partial charge is 0.385 e. The number of hydrogen-bond donors (Lipinski definition) is 1. The quantitative estimate of drug-likeness (QED) is 0.709. The van der Waals surface area contributed by atoms with Crippen molar-refractivity contribution in [2.45, 2.75) is 8.25 Å². The van der Waals surface area contributed by atoms with E-state index in [0.29, 0.717) is 5.02 Å². The molecule has 1 atom stereocenters. The summed E-state index contributed by atoms with van der Waals surface area (Å²) in [7, 11) is 0. The Morgan fingerprint density at radius 2 is 1.62 bits per heavy atom. The molecule has 5 heteroatoms. The molecule has 0 fully saturated rings. The van der Waals surface area contributed by atoms with Gasteiger partial charge in [-0.05, 0) is 17.7 Å². The molecule has 72 valence electrons. The van der Waals surface area contributed by atoms with Gasteiger partial charge in [0.05, 0.1) is 0 Å². The first kappa shape index (κ1) is 12.0. The average molecular weight is 393 g/mol. The Hall–Kier alpha value is 0.910. The minimum atomic E-state index is -0.694. The molecule has 0 spiro atoms. The van der Waals surface area contributed by atoms with E-state index in [1.807, 2.05) is 0 Å². The lowest BCUT2D eigenvalue weighted by molar-refractivity contribution is 0.193. The Balaban J connectivity index is 2.90. The zero-order chi connectivity index (χ0) is 10.1. The van der Waals surface area contributed by atoms with Crippen molar-refractivity contribution in [3.8, 4) is 0 Å². The molecule has 1 aromatic rings. The number of rotatable bonds is 1. The Morgan fingerprint density at radius 1 is 1.15 bits per heavy atom. The molecule has 1 N–H and O–H groups in total. The molecule has 0 aliphatic carbocycles. The second-order valence-electron chi connectivity index (χ2n) is 2.50. The minimum absolute atomic E-state index is 0.653. The SMILES string of the molecule is OC(c1ccc(Cl)cc1)C(Br)(Br)Br. The van der Waals surface area contributed by atoms with Crippen molar-refractivity contribution in [1.29, 1.82) is 0 Å². The maximum Gasteiger partial charge on any atom is 0.164 e. The minimum Gasteiger partial charge on any atom is -0.385 e. The van der Waals surface area contributed by atoms with Crippen LogP contribution in [-0.4, -0.2) is 7.25 Å². The van der Waals surface area contributed by atoms with E-state index in [4.69, 9.17) is 11.6 Å². The predicted molar refractivity (Wildman–Crippen MR) is 65.9 cm³/mol. The molecular formula is C8H6Br3ClO. The molecule has 1 nitrogen and oxygen atoms in total. The van der Waals surface area contributed by atoms with Crippen molar-refractivity contribution in [3.05, 3.63) is 34.9 Å². The van der Waals surface area contributed by atoms with Crippen molar-refractivity contribution in [3.63, 3.8) is 0 Å². The van der Waals surface area contributed by atoms with Gasteiger partial charge in [-0.15, -0.1) is 0 Å². The average Bonchev–Trinajstić information content (AvgIpc) is 2.03. The second-order valence-corrected chi connectivity index (χ2v) is 9.88. The molecule has 0 heterocycles. The maximum atomic E-state index is 9.76. The third kappa shape index (κ3) is 3.51. The van der Waals surface area contributed by atoms with Gasteiger partial charge in [-0.3, -0.25) is 0 Å². The molecule has 0 bridgehead atoms. The molecule has 0 radical (unpaired) electrons. The van der Waals surface area contributed by atoms with E-state index in [1.165, 1.54) is 0 Å². The van der Waals surface area contributed by atoms with Crippen LogP contribution in [-0.2, 0) is 0 Å². The predicted octanol–water partition coefficient (Wildman–Crippen LogP) is 4.21. The smallest absolute Gasteiger partial charge is 0.164 e. The van der Waals surface area contributed by atoms with E-state index in [0.717, 1.165) is 5.56 Å². The first-order chi connectivity index (χ1) is 5.91. The van der Waals surface area contributed by atoms with Crippen LogP contribution in [0.5, 0.6) is 0 Å². The third-order valence-corrected chi connectivity index (χ3v) is 3.05. The first-order valence-corrected chi connectivity index (χ1v) is 6.17. The molecular weight excluding hydrogens is 387 g/mol. The lowest BCUT2D eigenvalue weighted by Gasteiger charge is -2.20. The van der Waals surface area contributed by atoms with E-state index in [1.54, 1.807) is 24.3 Å². The van der Waals surface area contributed by atoms with Crippen LogP contribution in [0.2, 0.25) is 5.02 Å². The Morgan fingerprint density at radius 3 is 2.00 bits per heavy atom. The van der Waals surface area contributed by atoms with Gasteiger partial charge >= 0.3 is 0 Å². The van der Waals surface area contributed by atoms with Crippen LogP contribution < -0.4 is 0 Å². The lowest BCUT2D eigenvalue weighted by atomic mass is 10.1. The van der Waals surface area contributed by atoms with Crippen LogP contribution >= 0.6 is 59.4 Å². The number of hydrogen-bond acceptors (Lipinski definition) is 1. The summed E-state index contributed by atoms with van der Waals surface area (Å²) in [4.78, 5) is 0. The number of aliphatic hydroxyl groups is 1. The van der Waals surface area contributed by atoms with Crippen LogP contribution in [0, 0.1) is 0 Å². The Labute approximate surface area is 107 Å². The molecule has 0 aliphatic rings. The van der Waals surface area contributed by atoms with E-state index >= 15 is 0 Å². The molecule has 0 aliphatic heterocycles. The summed E-state index contributed by atoms with van der Waals surface area (Å²) in [6.45, 7) is 0.